The zero-order valence-electron chi connectivity index (χ0n) is 14.2. The van der Waals surface area contributed by atoms with E-state index in [1.165, 1.54) is 0 Å². The van der Waals surface area contributed by atoms with Crippen LogP contribution in [0.3, 0.4) is 0 Å². The molecule has 0 bridgehead atoms. The number of nitrogens with zero attached hydrogens (tertiary/aromatic N) is 3. The lowest BCUT2D eigenvalue weighted by Gasteiger charge is -2.07. The highest BCUT2D eigenvalue weighted by atomic mass is 16.6. The fraction of sp³-hybridized carbons (Fsp3) is 0.167. The molecule has 0 atom stereocenters. The Hall–Kier alpha value is -3.93. The van der Waals surface area contributed by atoms with Crippen LogP contribution < -0.4 is 5.56 Å². The quantitative estimate of drug-likeness (QED) is 0.385. The van der Waals surface area contributed by atoms with Crippen molar-refractivity contribution in [2.24, 2.45) is 0 Å². The van der Waals surface area contributed by atoms with Crippen molar-refractivity contribution >= 4 is 22.6 Å². The van der Waals surface area contributed by atoms with Crippen LogP contribution in [-0.4, -0.2) is 22.1 Å². The molecule has 2 aromatic heterocycles. The van der Waals surface area contributed by atoms with Crippen LogP contribution in [0.5, 0.6) is 0 Å². The van der Waals surface area contributed by atoms with Crippen LogP contribution >= 0.6 is 0 Å². The Bertz CT molecular complexity index is 1150. The van der Waals surface area contributed by atoms with Gasteiger partial charge in [0.15, 0.2) is 0 Å². The SMILES string of the molecule is CCOC(=O)c1oc2ccccc2c1Cn1cc([N+](=O)[O-])cc(C#N)c1=O. The Balaban J connectivity index is 2.20. The molecule has 0 aliphatic heterocycles. The lowest BCUT2D eigenvalue weighted by molar-refractivity contribution is -0.385. The van der Waals surface area contributed by atoms with Crippen molar-refractivity contribution in [1.29, 1.82) is 5.26 Å². The molecule has 0 saturated heterocycles. The highest BCUT2D eigenvalue weighted by Crippen LogP contribution is 2.27. The molecule has 0 fully saturated rings. The molecule has 0 N–H and O–H groups in total. The zero-order chi connectivity index (χ0) is 19.6. The molecule has 3 aromatic rings. The van der Waals surface area contributed by atoms with E-state index in [2.05, 4.69) is 0 Å². The first-order valence-electron chi connectivity index (χ1n) is 7.92. The summed E-state index contributed by atoms with van der Waals surface area (Å²) in [5, 5.41) is 20.7. The second-order valence-electron chi connectivity index (χ2n) is 5.54. The van der Waals surface area contributed by atoms with Crippen molar-refractivity contribution in [2.45, 2.75) is 13.5 Å². The first-order valence-corrected chi connectivity index (χ1v) is 7.92. The molecular weight excluding hydrogens is 354 g/mol. The van der Waals surface area contributed by atoms with E-state index in [9.17, 15) is 19.7 Å². The Kier molecular flexibility index (Phi) is 4.72. The van der Waals surface area contributed by atoms with E-state index >= 15 is 0 Å². The molecule has 0 radical (unpaired) electrons. The Morgan fingerprint density at radius 2 is 2.15 bits per heavy atom. The molecule has 0 amide bonds. The zero-order valence-corrected chi connectivity index (χ0v) is 14.2. The predicted molar refractivity (Wildman–Crippen MR) is 93.3 cm³/mol. The number of aromatic nitrogens is 1. The fourth-order valence-corrected chi connectivity index (χ4v) is 2.70. The molecule has 0 aliphatic carbocycles. The molecule has 3 rings (SSSR count). The molecule has 2 heterocycles. The van der Waals surface area contributed by atoms with Gasteiger partial charge in [0.25, 0.3) is 11.2 Å². The third-order valence-electron chi connectivity index (χ3n) is 3.89. The van der Waals surface area contributed by atoms with E-state index < -0.39 is 22.1 Å². The van der Waals surface area contributed by atoms with Crippen molar-refractivity contribution < 1.29 is 18.9 Å². The first kappa shape index (κ1) is 17.9. The molecule has 0 unspecified atom stereocenters. The Morgan fingerprint density at radius 3 is 2.81 bits per heavy atom. The van der Waals surface area contributed by atoms with Crippen LogP contribution in [-0.2, 0) is 11.3 Å². The van der Waals surface area contributed by atoms with Gasteiger partial charge in [0.05, 0.1) is 24.3 Å². The summed E-state index contributed by atoms with van der Waals surface area (Å²) in [5.74, 6) is -0.794. The second-order valence-corrected chi connectivity index (χ2v) is 5.54. The number of rotatable bonds is 5. The molecule has 9 nitrogen and oxygen atoms in total. The number of furan rings is 1. The average Bonchev–Trinajstić information content (AvgIpc) is 3.02. The monoisotopic (exact) mass is 367 g/mol. The van der Waals surface area contributed by atoms with E-state index in [0.29, 0.717) is 16.5 Å². The topological polar surface area (TPSA) is 128 Å². The van der Waals surface area contributed by atoms with Crippen molar-refractivity contribution in [2.75, 3.05) is 6.61 Å². The number of fused-ring (bicyclic) bond motifs is 1. The van der Waals surface area contributed by atoms with Crippen LogP contribution in [0.4, 0.5) is 5.69 Å². The highest BCUT2D eigenvalue weighted by Gasteiger charge is 2.23. The number of nitro groups is 1. The summed E-state index contributed by atoms with van der Waals surface area (Å²) in [4.78, 5) is 35.1. The molecule has 0 aliphatic rings. The number of hydrogen-bond donors (Lipinski definition) is 0. The van der Waals surface area contributed by atoms with Crippen molar-refractivity contribution in [3.63, 3.8) is 0 Å². The lowest BCUT2D eigenvalue weighted by Crippen LogP contribution is -2.24. The van der Waals surface area contributed by atoms with Gasteiger partial charge in [-0.25, -0.2) is 4.79 Å². The summed E-state index contributed by atoms with van der Waals surface area (Å²) < 4.78 is 11.6. The van der Waals surface area contributed by atoms with Gasteiger partial charge in [-0.3, -0.25) is 14.9 Å². The van der Waals surface area contributed by atoms with Gasteiger partial charge in [-0.1, -0.05) is 18.2 Å². The highest BCUT2D eigenvalue weighted by molar-refractivity contribution is 5.96. The van der Waals surface area contributed by atoms with E-state index in [4.69, 9.17) is 14.4 Å². The van der Waals surface area contributed by atoms with Gasteiger partial charge in [0.2, 0.25) is 5.76 Å². The van der Waals surface area contributed by atoms with Crippen molar-refractivity contribution in [3.05, 3.63) is 73.9 Å². The number of pyridine rings is 1. The molecule has 0 saturated carbocycles. The first-order chi connectivity index (χ1) is 13.0. The number of para-hydroxylation sites is 1. The second kappa shape index (κ2) is 7.13. The molecular formula is C18H13N3O6. The average molecular weight is 367 g/mol. The van der Waals surface area contributed by atoms with Crippen LogP contribution in [0.2, 0.25) is 0 Å². The van der Waals surface area contributed by atoms with Gasteiger partial charge in [-0.05, 0) is 13.0 Å². The summed E-state index contributed by atoms with van der Waals surface area (Å²) in [5.41, 5.74) is -0.723. The lowest BCUT2D eigenvalue weighted by atomic mass is 10.1. The van der Waals surface area contributed by atoms with Crippen LogP contribution in [0, 0.1) is 21.4 Å². The number of carbonyl (C=O) groups is 1. The fourth-order valence-electron chi connectivity index (χ4n) is 2.70. The smallest absolute Gasteiger partial charge is 0.374 e. The van der Waals surface area contributed by atoms with Crippen LogP contribution in [0.25, 0.3) is 11.0 Å². The summed E-state index contributed by atoms with van der Waals surface area (Å²) in [6.07, 6.45) is 1.03. The summed E-state index contributed by atoms with van der Waals surface area (Å²) >= 11 is 0. The molecule has 1 aromatic carbocycles. The molecule has 0 spiro atoms. The van der Waals surface area contributed by atoms with E-state index in [1.54, 1.807) is 37.3 Å². The summed E-state index contributed by atoms with van der Waals surface area (Å²) in [6.45, 7) is 1.58. The minimum Gasteiger partial charge on any atom is -0.460 e. The number of carbonyl (C=O) groups excluding carboxylic acids is 1. The maximum Gasteiger partial charge on any atom is 0.374 e. The minimum absolute atomic E-state index is 0.0880. The molecule has 27 heavy (non-hydrogen) atoms. The van der Waals surface area contributed by atoms with E-state index in [0.717, 1.165) is 16.8 Å². The third kappa shape index (κ3) is 3.28. The van der Waals surface area contributed by atoms with Gasteiger partial charge in [-0.15, -0.1) is 0 Å². The van der Waals surface area contributed by atoms with Gasteiger partial charge in [-0.2, -0.15) is 5.26 Å². The number of benzene rings is 1. The van der Waals surface area contributed by atoms with Gasteiger partial charge >= 0.3 is 5.97 Å². The van der Waals surface area contributed by atoms with Crippen molar-refractivity contribution in [1.82, 2.24) is 4.57 Å². The maximum absolute atomic E-state index is 12.4. The Labute approximate surface area is 152 Å². The van der Waals surface area contributed by atoms with Gasteiger partial charge in [0, 0.05) is 17.0 Å². The maximum atomic E-state index is 12.4. The van der Waals surface area contributed by atoms with Crippen LogP contribution in [0.1, 0.15) is 28.6 Å². The van der Waals surface area contributed by atoms with Crippen LogP contribution in [0.15, 0.2) is 45.7 Å². The van der Waals surface area contributed by atoms with E-state index in [1.807, 2.05) is 0 Å². The summed E-state index contributed by atoms with van der Waals surface area (Å²) in [7, 11) is 0. The number of nitriles is 1. The normalized spacial score (nSPS) is 10.5. The predicted octanol–water partition coefficient (Wildman–Crippen LogP) is 2.60. The molecule has 9 heteroatoms. The number of ether oxygens (including phenoxy) is 1. The Morgan fingerprint density at radius 1 is 1.41 bits per heavy atom. The summed E-state index contributed by atoms with van der Waals surface area (Å²) in [6, 6.07) is 9.37. The largest absolute Gasteiger partial charge is 0.460 e. The van der Waals surface area contributed by atoms with Gasteiger partial charge < -0.3 is 13.7 Å². The third-order valence-corrected chi connectivity index (χ3v) is 3.89. The van der Waals surface area contributed by atoms with Crippen molar-refractivity contribution in [3.8, 4) is 6.07 Å². The standard InChI is InChI=1S/C18H13N3O6/c1-2-26-18(23)16-14(13-5-3-4-6-15(13)27-16)10-20-9-12(21(24)25)7-11(8-19)17(20)22/h3-7,9H,2,10H2,1H3. The molecule has 136 valence electrons. The minimum atomic E-state index is -0.706. The van der Waals surface area contributed by atoms with Gasteiger partial charge in [0.1, 0.15) is 17.2 Å². The van der Waals surface area contributed by atoms with E-state index in [-0.39, 0.29) is 24.5 Å². The number of esters is 1. The number of hydrogen-bond acceptors (Lipinski definition) is 7.